The van der Waals surface area contributed by atoms with Crippen molar-refractivity contribution >= 4 is 17.2 Å². The van der Waals surface area contributed by atoms with Crippen LogP contribution in [0.15, 0.2) is 52.5 Å². The number of nitrogens with zero attached hydrogens (tertiary/aromatic N) is 1. The summed E-state index contributed by atoms with van der Waals surface area (Å²) in [6, 6.07) is 11.5. The molecule has 0 saturated heterocycles. The highest BCUT2D eigenvalue weighted by molar-refractivity contribution is 7.13. The Bertz CT molecular complexity index is 827. The van der Waals surface area contributed by atoms with Crippen LogP contribution in [0.5, 0.6) is 5.75 Å². The molecule has 0 bridgehead atoms. The third kappa shape index (κ3) is 4.48. The molecule has 0 spiro atoms. The average molecular weight is 356 g/mol. The molecular formula is C19H20N2O3S. The molecule has 3 rings (SSSR count). The Morgan fingerprint density at radius 2 is 2.24 bits per heavy atom. The van der Waals surface area contributed by atoms with Gasteiger partial charge in [0.1, 0.15) is 12.0 Å². The fourth-order valence-electron chi connectivity index (χ4n) is 2.48. The first kappa shape index (κ1) is 17.2. The molecule has 0 fully saturated rings. The van der Waals surface area contributed by atoms with Gasteiger partial charge in [0.2, 0.25) is 11.8 Å². The summed E-state index contributed by atoms with van der Waals surface area (Å²) in [7, 11) is 0. The number of rotatable bonds is 7. The minimum absolute atomic E-state index is 0.0969. The number of aromatic nitrogens is 1. The van der Waals surface area contributed by atoms with Crippen LogP contribution in [0.25, 0.3) is 10.8 Å². The first-order valence-electron chi connectivity index (χ1n) is 8.16. The number of benzene rings is 1. The molecule has 1 atom stereocenters. The van der Waals surface area contributed by atoms with Crippen molar-refractivity contribution in [2.45, 2.75) is 26.3 Å². The van der Waals surface area contributed by atoms with Crippen LogP contribution in [0.1, 0.15) is 31.1 Å². The van der Waals surface area contributed by atoms with Crippen molar-refractivity contribution in [3.05, 3.63) is 59.3 Å². The van der Waals surface area contributed by atoms with E-state index in [9.17, 15) is 4.79 Å². The number of hydrogen-bond donors (Lipinski definition) is 1. The molecule has 130 valence electrons. The third-order valence-electron chi connectivity index (χ3n) is 3.67. The molecule has 1 unspecified atom stereocenters. The summed E-state index contributed by atoms with van der Waals surface area (Å²) < 4.78 is 10.9. The van der Waals surface area contributed by atoms with Crippen molar-refractivity contribution in [2.75, 3.05) is 6.61 Å². The zero-order chi connectivity index (χ0) is 17.6. The predicted molar refractivity (Wildman–Crippen MR) is 97.7 cm³/mol. The number of ether oxygens (including phenoxy) is 1. The molecule has 5 nitrogen and oxygen atoms in total. The summed E-state index contributed by atoms with van der Waals surface area (Å²) in [5, 5.41) is 4.95. The van der Waals surface area contributed by atoms with E-state index in [1.807, 2.05) is 55.6 Å². The second-order valence-corrected chi connectivity index (χ2v) is 6.54. The number of nitrogens with one attached hydrogen (secondary N) is 1. The average Bonchev–Trinajstić information content (AvgIpc) is 3.26. The first-order chi connectivity index (χ1) is 12.2. The number of amides is 1. The fourth-order valence-corrected chi connectivity index (χ4v) is 3.14. The van der Waals surface area contributed by atoms with E-state index < -0.39 is 0 Å². The Labute approximate surface area is 150 Å². The van der Waals surface area contributed by atoms with E-state index in [0.29, 0.717) is 18.2 Å². The molecule has 1 aromatic carbocycles. The van der Waals surface area contributed by atoms with Crippen molar-refractivity contribution in [3.8, 4) is 16.5 Å². The van der Waals surface area contributed by atoms with Gasteiger partial charge in [-0.3, -0.25) is 4.79 Å². The SMILES string of the molecule is CCOc1cccc(C(C)NC(=O)Cc2coc(-c3cccs3)n2)c1. The maximum Gasteiger partial charge on any atom is 0.236 e. The van der Waals surface area contributed by atoms with Gasteiger partial charge in [-0.2, -0.15) is 0 Å². The lowest BCUT2D eigenvalue weighted by molar-refractivity contribution is -0.121. The van der Waals surface area contributed by atoms with Crippen LogP contribution in [0.4, 0.5) is 0 Å². The molecule has 6 heteroatoms. The Kier molecular flexibility index (Phi) is 5.50. The van der Waals surface area contributed by atoms with E-state index in [1.165, 1.54) is 6.26 Å². The third-order valence-corrected chi connectivity index (χ3v) is 4.53. The van der Waals surface area contributed by atoms with E-state index in [1.54, 1.807) is 11.3 Å². The Morgan fingerprint density at radius 1 is 1.36 bits per heavy atom. The standard InChI is InChI=1S/C19H20N2O3S/c1-3-23-16-7-4-6-14(10-16)13(2)20-18(22)11-15-12-24-19(21-15)17-8-5-9-25-17/h4-10,12-13H,3,11H2,1-2H3,(H,20,22). The molecule has 0 saturated carbocycles. The van der Waals surface area contributed by atoms with Crippen LogP contribution in [-0.4, -0.2) is 17.5 Å². The Morgan fingerprint density at radius 3 is 3.00 bits per heavy atom. The lowest BCUT2D eigenvalue weighted by atomic mass is 10.1. The van der Waals surface area contributed by atoms with E-state index in [2.05, 4.69) is 10.3 Å². The van der Waals surface area contributed by atoms with Gasteiger partial charge >= 0.3 is 0 Å². The van der Waals surface area contributed by atoms with Crippen LogP contribution >= 0.6 is 11.3 Å². The summed E-state index contributed by atoms with van der Waals surface area (Å²) in [6.45, 7) is 4.51. The van der Waals surface area contributed by atoms with Gasteiger partial charge in [0.05, 0.1) is 29.6 Å². The van der Waals surface area contributed by atoms with Gasteiger partial charge in [0, 0.05) is 0 Å². The molecule has 25 heavy (non-hydrogen) atoms. The van der Waals surface area contributed by atoms with Gasteiger partial charge in [-0.15, -0.1) is 11.3 Å². The molecule has 2 aromatic heterocycles. The molecule has 3 aromatic rings. The number of oxazole rings is 1. The Hall–Kier alpha value is -2.60. The van der Waals surface area contributed by atoms with Crippen LogP contribution in [0, 0.1) is 0 Å². The van der Waals surface area contributed by atoms with Crippen molar-refractivity contribution in [1.82, 2.24) is 10.3 Å². The second-order valence-electron chi connectivity index (χ2n) is 5.59. The van der Waals surface area contributed by atoms with Gasteiger partial charge in [0.25, 0.3) is 0 Å². The molecule has 0 aliphatic carbocycles. The zero-order valence-electron chi connectivity index (χ0n) is 14.2. The van der Waals surface area contributed by atoms with E-state index in [4.69, 9.17) is 9.15 Å². The predicted octanol–water partition coefficient (Wildman–Crippen LogP) is 4.22. The summed E-state index contributed by atoms with van der Waals surface area (Å²) >= 11 is 1.55. The minimum Gasteiger partial charge on any atom is -0.494 e. The van der Waals surface area contributed by atoms with Gasteiger partial charge in [-0.1, -0.05) is 18.2 Å². The largest absolute Gasteiger partial charge is 0.494 e. The highest BCUT2D eigenvalue weighted by atomic mass is 32.1. The molecule has 1 amide bonds. The number of thiophene rings is 1. The first-order valence-corrected chi connectivity index (χ1v) is 9.04. The minimum atomic E-state index is -0.114. The molecule has 0 radical (unpaired) electrons. The lowest BCUT2D eigenvalue weighted by Gasteiger charge is -2.15. The summed E-state index contributed by atoms with van der Waals surface area (Å²) in [5.74, 6) is 1.26. The van der Waals surface area contributed by atoms with Gasteiger partial charge < -0.3 is 14.5 Å². The normalized spacial score (nSPS) is 11.9. The summed E-state index contributed by atoms with van der Waals surface area (Å²) in [4.78, 5) is 17.6. The van der Waals surface area contributed by atoms with Gasteiger partial charge in [0.15, 0.2) is 0 Å². The Balaban J connectivity index is 1.59. The van der Waals surface area contributed by atoms with Crippen molar-refractivity contribution in [2.24, 2.45) is 0 Å². The fraction of sp³-hybridized carbons (Fsp3) is 0.263. The highest BCUT2D eigenvalue weighted by Crippen LogP contribution is 2.24. The molecule has 2 heterocycles. The molecule has 1 N–H and O–H groups in total. The zero-order valence-corrected chi connectivity index (χ0v) is 15.0. The smallest absolute Gasteiger partial charge is 0.236 e. The van der Waals surface area contributed by atoms with Gasteiger partial charge in [-0.05, 0) is 43.0 Å². The van der Waals surface area contributed by atoms with Crippen LogP contribution in [0.2, 0.25) is 0 Å². The molecule has 0 aliphatic rings. The van der Waals surface area contributed by atoms with Crippen molar-refractivity contribution < 1.29 is 13.9 Å². The number of carbonyl (C=O) groups excluding carboxylic acids is 1. The lowest BCUT2D eigenvalue weighted by Crippen LogP contribution is -2.28. The summed E-state index contributed by atoms with van der Waals surface area (Å²) in [6.07, 6.45) is 1.72. The number of hydrogen-bond acceptors (Lipinski definition) is 5. The van der Waals surface area contributed by atoms with Crippen LogP contribution in [0.3, 0.4) is 0 Å². The molecular weight excluding hydrogens is 336 g/mol. The second kappa shape index (κ2) is 7.98. The monoisotopic (exact) mass is 356 g/mol. The van der Waals surface area contributed by atoms with E-state index in [-0.39, 0.29) is 18.4 Å². The maximum atomic E-state index is 12.3. The van der Waals surface area contributed by atoms with Crippen LogP contribution in [-0.2, 0) is 11.2 Å². The van der Waals surface area contributed by atoms with Crippen LogP contribution < -0.4 is 10.1 Å². The summed E-state index contributed by atoms with van der Waals surface area (Å²) in [5.41, 5.74) is 1.62. The van der Waals surface area contributed by atoms with Gasteiger partial charge in [-0.25, -0.2) is 4.98 Å². The van der Waals surface area contributed by atoms with Crippen molar-refractivity contribution in [1.29, 1.82) is 0 Å². The topological polar surface area (TPSA) is 64.4 Å². The molecule has 0 aliphatic heterocycles. The van der Waals surface area contributed by atoms with Crippen molar-refractivity contribution in [3.63, 3.8) is 0 Å². The quantitative estimate of drug-likeness (QED) is 0.688. The van der Waals surface area contributed by atoms with E-state index in [0.717, 1.165) is 16.2 Å². The number of carbonyl (C=O) groups is 1. The highest BCUT2D eigenvalue weighted by Gasteiger charge is 2.14. The maximum absolute atomic E-state index is 12.3. The van der Waals surface area contributed by atoms with E-state index >= 15 is 0 Å².